The molecule has 1 aromatic carbocycles. The summed E-state index contributed by atoms with van der Waals surface area (Å²) in [4.78, 5) is 12.5. The molecule has 0 heterocycles. The van der Waals surface area contributed by atoms with Crippen molar-refractivity contribution >= 4 is 5.97 Å². The van der Waals surface area contributed by atoms with Crippen molar-refractivity contribution < 1.29 is 19.0 Å². The van der Waals surface area contributed by atoms with Gasteiger partial charge in [0, 0.05) is 5.56 Å². The lowest BCUT2D eigenvalue weighted by molar-refractivity contribution is 0.0599. The zero-order valence-electron chi connectivity index (χ0n) is 21.8. The summed E-state index contributed by atoms with van der Waals surface area (Å²) in [5, 5.41) is 0. The molecule has 0 amide bonds. The van der Waals surface area contributed by atoms with Gasteiger partial charge in [-0.05, 0) is 91.9 Å². The standard InChI is InChI=1S/C29H42O4/c1-21(2)11-9-13-23(5)15-16-25-26(29(30)32-8)17-18-27(31-7)28(25)33-20-19-24(6)14-10-12-22(3)4/h11-12,15,17-19H,9-10,13-14,16,20H2,1-8H3/b23-15+,24-19+. The highest BCUT2D eigenvalue weighted by atomic mass is 16.5. The van der Waals surface area contributed by atoms with Gasteiger partial charge in [0.1, 0.15) is 6.61 Å². The number of hydrogen-bond acceptors (Lipinski definition) is 4. The van der Waals surface area contributed by atoms with E-state index in [9.17, 15) is 4.79 Å². The fourth-order valence-electron chi connectivity index (χ4n) is 3.35. The van der Waals surface area contributed by atoms with E-state index in [1.807, 2.05) is 0 Å². The second-order valence-electron chi connectivity index (χ2n) is 8.87. The minimum absolute atomic E-state index is 0.374. The first-order valence-corrected chi connectivity index (χ1v) is 11.7. The summed E-state index contributed by atoms with van der Waals surface area (Å²) >= 11 is 0. The van der Waals surface area contributed by atoms with Crippen LogP contribution < -0.4 is 9.47 Å². The van der Waals surface area contributed by atoms with Gasteiger partial charge in [0.2, 0.25) is 0 Å². The molecule has 1 rings (SSSR count). The highest BCUT2D eigenvalue weighted by Crippen LogP contribution is 2.35. The Hall–Kier alpha value is -2.75. The molecule has 0 aliphatic carbocycles. The van der Waals surface area contributed by atoms with Crippen molar-refractivity contribution in [3.63, 3.8) is 0 Å². The molecule has 0 aliphatic rings. The number of allylic oxidation sites excluding steroid dienone is 7. The Morgan fingerprint density at radius 3 is 1.91 bits per heavy atom. The van der Waals surface area contributed by atoms with Crippen LogP contribution in [0.3, 0.4) is 0 Å². The van der Waals surface area contributed by atoms with Gasteiger partial charge >= 0.3 is 5.97 Å². The summed E-state index contributed by atoms with van der Waals surface area (Å²) in [6.07, 6.45) is 13.3. The summed E-state index contributed by atoms with van der Waals surface area (Å²) in [5.74, 6) is 0.840. The highest BCUT2D eigenvalue weighted by Gasteiger charge is 2.20. The molecule has 0 atom stereocenters. The molecule has 0 saturated heterocycles. The monoisotopic (exact) mass is 454 g/mol. The molecule has 1 aromatic rings. The average Bonchev–Trinajstić information content (AvgIpc) is 2.76. The van der Waals surface area contributed by atoms with Gasteiger partial charge in [-0.1, -0.05) is 40.5 Å². The van der Waals surface area contributed by atoms with Gasteiger partial charge in [0.25, 0.3) is 0 Å². The fraction of sp³-hybridized carbons (Fsp3) is 0.483. The van der Waals surface area contributed by atoms with Crippen LogP contribution >= 0.6 is 0 Å². The minimum Gasteiger partial charge on any atom is -0.493 e. The number of hydrogen-bond donors (Lipinski definition) is 0. The smallest absolute Gasteiger partial charge is 0.338 e. The van der Waals surface area contributed by atoms with Crippen molar-refractivity contribution in [2.24, 2.45) is 0 Å². The lowest BCUT2D eigenvalue weighted by Crippen LogP contribution is -2.09. The van der Waals surface area contributed by atoms with Crippen molar-refractivity contribution in [1.82, 2.24) is 0 Å². The first kappa shape index (κ1) is 28.3. The Kier molecular flexibility index (Phi) is 13.0. The number of benzene rings is 1. The first-order valence-electron chi connectivity index (χ1n) is 11.7. The van der Waals surface area contributed by atoms with Crippen LogP contribution in [0.5, 0.6) is 11.5 Å². The second-order valence-corrected chi connectivity index (χ2v) is 8.87. The van der Waals surface area contributed by atoms with E-state index in [-0.39, 0.29) is 5.97 Å². The number of carbonyl (C=O) groups is 1. The summed E-state index contributed by atoms with van der Waals surface area (Å²) < 4.78 is 16.8. The maximum Gasteiger partial charge on any atom is 0.338 e. The second kappa shape index (κ2) is 15.2. The van der Waals surface area contributed by atoms with Crippen molar-refractivity contribution in [3.05, 3.63) is 69.9 Å². The normalized spacial score (nSPS) is 11.6. The van der Waals surface area contributed by atoms with E-state index < -0.39 is 0 Å². The number of carbonyl (C=O) groups excluding carboxylic acids is 1. The quantitative estimate of drug-likeness (QED) is 0.225. The van der Waals surface area contributed by atoms with Gasteiger partial charge < -0.3 is 14.2 Å². The van der Waals surface area contributed by atoms with Crippen LogP contribution in [-0.2, 0) is 11.2 Å². The van der Waals surface area contributed by atoms with E-state index in [0.29, 0.717) is 30.1 Å². The van der Waals surface area contributed by atoms with E-state index in [1.54, 1.807) is 19.2 Å². The SMILES string of the molecule is COC(=O)c1ccc(OC)c(OC/C=C(\C)CCC=C(C)C)c1C/C=C(\C)CCC=C(C)C. The largest absolute Gasteiger partial charge is 0.493 e. The topological polar surface area (TPSA) is 44.8 Å². The summed E-state index contributed by atoms with van der Waals surface area (Å²) in [6, 6.07) is 3.52. The van der Waals surface area contributed by atoms with Crippen molar-refractivity contribution in [1.29, 1.82) is 0 Å². The molecule has 0 aromatic heterocycles. The molecule has 0 saturated carbocycles. The Bertz CT molecular complexity index is 892. The molecule has 182 valence electrons. The highest BCUT2D eigenvalue weighted by molar-refractivity contribution is 5.92. The molecule has 0 bridgehead atoms. The molecule has 0 radical (unpaired) electrons. The number of rotatable bonds is 13. The summed E-state index contributed by atoms with van der Waals surface area (Å²) in [7, 11) is 3.01. The average molecular weight is 455 g/mol. The predicted octanol–water partition coefficient (Wildman–Crippen LogP) is 7.79. The Morgan fingerprint density at radius 1 is 0.818 bits per heavy atom. The third-order valence-corrected chi connectivity index (χ3v) is 5.35. The van der Waals surface area contributed by atoms with Crippen LogP contribution in [0.15, 0.2) is 58.7 Å². The van der Waals surface area contributed by atoms with E-state index in [4.69, 9.17) is 14.2 Å². The maximum absolute atomic E-state index is 12.5. The van der Waals surface area contributed by atoms with Gasteiger partial charge in [-0.2, -0.15) is 0 Å². The van der Waals surface area contributed by atoms with Gasteiger partial charge in [-0.25, -0.2) is 4.79 Å². The number of methoxy groups -OCH3 is 2. The van der Waals surface area contributed by atoms with E-state index in [1.165, 1.54) is 29.4 Å². The number of ether oxygens (including phenoxy) is 3. The van der Waals surface area contributed by atoms with Crippen LogP contribution in [0, 0.1) is 0 Å². The van der Waals surface area contributed by atoms with E-state index >= 15 is 0 Å². The Balaban J connectivity index is 3.14. The van der Waals surface area contributed by atoms with Crippen molar-refractivity contribution in [2.45, 2.75) is 73.6 Å². The lowest BCUT2D eigenvalue weighted by Gasteiger charge is -2.17. The lowest BCUT2D eigenvalue weighted by atomic mass is 10.00. The summed E-state index contributed by atoms with van der Waals surface area (Å²) in [5.41, 5.74) is 6.49. The van der Waals surface area contributed by atoms with Gasteiger partial charge in [-0.3, -0.25) is 0 Å². The maximum atomic E-state index is 12.5. The van der Waals surface area contributed by atoms with Gasteiger partial charge in [0.05, 0.1) is 19.8 Å². The summed E-state index contributed by atoms with van der Waals surface area (Å²) in [6.45, 7) is 13.1. The van der Waals surface area contributed by atoms with Crippen molar-refractivity contribution in [3.8, 4) is 11.5 Å². The molecule has 33 heavy (non-hydrogen) atoms. The van der Waals surface area contributed by atoms with Crippen LogP contribution in [0.1, 0.15) is 83.1 Å². The zero-order chi connectivity index (χ0) is 24.8. The number of esters is 1. The van der Waals surface area contributed by atoms with Crippen LogP contribution in [0.2, 0.25) is 0 Å². The molecule has 0 N–H and O–H groups in total. The Labute approximate surface area is 201 Å². The molecule has 0 fully saturated rings. The Morgan fingerprint density at radius 2 is 1.39 bits per heavy atom. The van der Waals surface area contributed by atoms with Gasteiger partial charge in [-0.15, -0.1) is 0 Å². The fourth-order valence-corrected chi connectivity index (χ4v) is 3.35. The third kappa shape index (κ3) is 10.6. The van der Waals surface area contributed by atoms with Gasteiger partial charge in [0.15, 0.2) is 11.5 Å². The van der Waals surface area contributed by atoms with Crippen LogP contribution in [0.25, 0.3) is 0 Å². The van der Waals surface area contributed by atoms with Crippen molar-refractivity contribution in [2.75, 3.05) is 20.8 Å². The molecule has 0 spiro atoms. The first-order chi connectivity index (χ1) is 15.7. The molecule has 4 nitrogen and oxygen atoms in total. The van der Waals surface area contributed by atoms with E-state index in [0.717, 1.165) is 31.2 Å². The molecule has 4 heteroatoms. The predicted molar refractivity (Wildman–Crippen MR) is 138 cm³/mol. The van der Waals surface area contributed by atoms with E-state index in [2.05, 4.69) is 65.8 Å². The minimum atomic E-state index is -0.374. The molecular formula is C29H42O4. The molecular weight excluding hydrogens is 412 g/mol. The molecule has 0 unspecified atom stereocenters. The third-order valence-electron chi connectivity index (χ3n) is 5.35. The van der Waals surface area contributed by atoms with Crippen LogP contribution in [0.4, 0.5) is 0 Å². The van der Waals surface area contributed by atoms with Crippen LogP contribution in [-0.4, -0.2) is 26.8 Å². The molecule has 0 aliphatic heterocycles. The zero-order valence-corrected chi connectivity index (χ0v) is 21.8.